The number of aromatic nitrogens is 3. The molecule has 0 aliphatic carbocycles. The molecule has 0 radical (unpaired) electrons. The van der Waals surface area contributed by atoms with E-state index in [9.17, 15) is 14.7 Å². The number of nitrogens with zero attached hydrogens (tertiary/aromatic N) is 3. The lowest BCUT2D eigenvalue weighted by molar-refractivity contribution is 0.0686. The summed E-state index contributed by atoms with van der Waals surface area (Å²) in [6.07, 6.45) is 0. The molecule has 0 atom stereocenters. The number of aromatic carboxylic acids is 1. The first-order valence-corrected chi connectivity index (χ1v) is 7.30. The molecule has 2 aromatic carbocycles. The highest BCUT2D eigenvalue weighted by atomic mass is 16.5. The summed E-state index contributed by atoms with van der Waals surface area (Å²) < 4.78 is 5.08. The number of rotatable bonds is 5. The zero-order valence-electron chi connectivity index (χ0n) is 13.2. The summed E-state index contributed by atoms with van der Waals surface area (Å²) in [4.78, 5) is 24.7. The third kappa shape index (κ3) is 3.32. The minimum Gasteiger partial charge on any atom is -0.497 e. The average Bonchev–Trinajstić information content (AvgIpc) is 3.06. The van der Waals surface area contributed by atoms with E-state index in [4.69, 9.17) is 4.74 Å². The van der Waals surface area contributed by atoms with Crippen LogP contribution < -0.4 is 10.2 Å². The van der Waals surface area contributed by atoms with Crippen LogP contribution in [0.4, 0.5) is 0 Å². The van der Waals surface area contributed by atoms with Gasteiger partial charge in [-0.25, -0.2) is 10.2 Å². The van der Waals surface area contributed by atoms with Crippen molar-refractivity contribution in [2.45, 2.75) is 0 Å². The predicted molar refractivity (Wildman–Crippen MR) is 89.1 cm³/mol. The Labute approximate surface area is 142 Å². The minimum atomic E-state index is -1.26. The molecular formula is C17H14N4O4. The minimum absolute atomic E-state index is 0.142. The first-order valence-electron chi connectivity index (χ1n) is 7.30. The molecule has 0 fully saturated rings. The first-order chi connectivity index (χ1) is 12.1. The lowest BCUT2D eigenvalue weighted by Gasteiger charge is -2.07. The van der Waals surface area contributed by atoms with Gasteiger partial charge < -0.3 is 9.84 Å². The van der Waals surface area contributed by atoms with E-state index in [0.29, 0.717) is 16.9 Å². The van der Waals surface area contributed by atoms with Crippen LogP contribution in [0.2, 0.25) is 0 Å². The molecule has 0 aliphatic heterocycles. The molecule has 1 amide bonds. The summed E-state index contributed by atoms with van der Waals surface area (Å²) >= 11 is 0. The largest absolute Gasteiger partial charge is 0.497 e. The van der Waals surface area contributed by atoms with Gasteiger partial charge in [0.25, 0.3) is 5.91 Å². The van der Waals surface area contributed by atoms with E-state index in [1.165, 1.54) is 7.11 Å². The topological polar surface area (TPSA) is 106 Å². The molecule has 1 aromatic heterocycles. The van der Waals surface area contributed by atoms with Crippen LogP contribution in [0.3, 0.4) is 0 Å². The molecule has 8 heteroatoms. The van der Waals surface area contributed by atoms with Crippen molar-refractivity contribution in [2.75, 3.05) is 12.5 Å². The van der Waals surface area contributed by atoms with Gasteiger partial charge in [0.1, 0.15) is 11.4 Å². The molecular weight excluding hydrogens is 324 g/mol. The van der Waals surface area contributed by atoms with Crippen LogP contribution in [0.5, 0.6) is 5.75 Å². The monoisotopic (exact) mass is 338 g/mol. The molecule has 0 spiro atoms. The summed E-state index contributed by atoms with van der Waals surface area (Å²) in [7, 11) is 1.53. The van der Waals surface area contributed by atoms with Crippen molar-refractivity contribution >= 4 is 11.9 Å². The van der Waals surface area contributed by atoms with Crippen molar-refractivity contribution in [1.82, 2.24) is 15.1 Å². The van der Waals surface area contributed by atoms with E-state index in [2.05, 4.69) is 15.7 Å². The average molecular weight is 338 g/mol. The van der Waals surface area contributed by atoms with Crippen molar-refractivity contribution in [2.24, 2.45) is 0 Å². The van der Waals surface area contributed by atoms with Gasteiger partial charge in [-0.3, -0.25) is 4.79 Å². The molecule has 2 N–H and O–H groups in total. The van der Waals surface area contributed by atoms with Crippen molar-refractivity contribution in [3.8, 4) is 17.0 Å². The second kappa shape index (κ2) is 6.83. The number of methoxy groups -OCH3 is 1. The Balaban J connectivity index is 1.94. The van der Waals surface area contributed by atoms with Crippen LogP contribution >= 0.6 is 0 Å². The number of carboxylic acids is 1. The number of carbonyl (C=O) groups excluding carboxylic acids is 1. The predicted octanol–water partition coefficient (Wildman–Crippen LogP) is 2.04. The fraction of sp³-hybridized carbons (Fsp3) is 0.0588. The van der Waals surface area contributed by atoms with E-state index in [1.807, 2.05) is 0 Å². The van der Waals surface area contributed by atoms with Crippen molar-refractivity contribution in [1.29, 1.82) is 0 Å². The number of hydrogen-bond donors (Lipinski definition) is 2. The van der Waals surface area contributed by atoms with Crippen LogP contribution in [-0.4, -0.2) is 39.2 Å². The number of nitrogens with one attached hydrogen (secondary N) is 1. The molecule has 0 unspecified atom stereocenters. The summed E-state index contributed by atoms with van der Waals surface area (Å²) in [6.45, 7) is 0. The first kappa shape index (κ1) is 16.2. The number of carboxylic acid groups (broad SMARTS) is 1. The Bertz CT molecular complexity index is 904. The molecule has 0 saturated carbocycles. The summed E-state index contributed by atoms with van der Waals surface area (Å²) in [5.74, 6) is -1.12. The second-order valence-electron chi connectivity index (χ2n) is 5.04. The normalized spacial score (nSPS) is 10.3. The van der Waals surface area contributed by atoms with Crippen LogP contribution in [-0.2, 0) is 0 Å². The zero-order chi connectivity index (χ0) is 17.8. The molecule has 1 heterocycles. The lowest BCUT2D eigenvalue weighted by atomic mass is 10.1. The van der Waals surface area contributed by atoms with Gasteiger partial charge in [-0.05, 0) is 41.6 Å². The van der Waals surface area contributed by atoms with E-state index >= 15 is 0 Å². The fourth-order valence-corrected chi connectivity index (χ4v) is 2.25. The van der Waals surface area contributed by atoms with E-state index < -0.39 is 11.9 Å². The number of carbonyl (C=O) groups is 2. The third-order valence-corrected chi connectivity index (χ3v) is 3.48. The smallest absolute Gasteiger partial charge is 0.358 e. The maximum atomic E-state index is 12.2. The Morgan fingerprint density at radius 2 is 1.76 bits per heavy atom. The Kier molecular flexibility index (Phi) is 4.42. The van der Waals surface area contributed by atoms with E-state index in [-0.39, 0.29) is 11.4 Å². The van der Waals surface area contributed by atoms with Gasteiger partial charge >= 0.3 is 5.97 Å². The van der Waals surface area contributed by atoms with Gasteiger partial charge in [-0.1, -0.05) is 18.2 Å². The lowest BCUT2D eigenvalue weighted by Crippen LogP contribution is -2.27. The van der Waals surface area contributed by atoms with Crippen LogP contribution in [0.1, 0.15) is 20.8 Å². The second-order valence-corrected chi connectivity index (χ2v) is 5.04. The third-order valence-electron chi connectivity index (χ3n) is 3.48. The number of amides is 1. The Morgan fingerprint density at radius 1 is 1.08 bits per heavy atom. The fourth-order valence-electron chi connectivity index (χ4n) is 2.25. The van der Waals surface area contributed by atoms with Crippen molar-refractivity contribution < 1.29 is 19.4 Å². The maximum absolute atomic E-state index is 12.2. The highest BCUT2D eigenvalue weighted by Gasteiger charge is 2.22. The maximum Gasteiger partial charge on any atom is 0.358 e. The number of benzene rings is 2. The number of hydrogen-bond acceptors (Lipinski definition) is 5. The number of ether oxygens (including phenoxy) is 1. The van der Waals surface area contributed by atoms with Crippen molar-refractivity contribution in [3.05, 3.63) is 65.9 Å². The van der Waals surface area contributed by atoms with Gasteiger partial charge in [0.05, 0.1) is 7.11 Å². The zero-order valence-corrected chi connectivity index (χ0v) is 13.2. The summed E-state index contributed by atoms with van der Waals surface area (Å²) in [6, 6.07) is 15.1. The van der Waals surface area contributed by atoms with Gasteiger partial charge in [-0.15, -0.1) is 9.89 Å². The molecule has 0 aliphatic rings. The Hall–Kier alpha value is -3.68. The molecule has 25 heavy (non-hydrogen) atoms. The highest BCUT2D eigenvalue weighted by molar-refractivity contribution is 6.01. The molecule has 0 bridgehead atoms. The SMILES string of the molecule is COc1ccc(-c2nnn(NC(=O)c3ccccc3)c2C(=O)O)cc1. The molecule has 3 aromatic rings. The van der Waals surface area contributed by atoms with Crippen LogP contribution in [0.25, 0.3) is 11.3 Å². The molecule has 3 rings (SSSR count). The summed E-state index contributed by atoms with van der Waals surface area (Å²) in [5.41, 5.74) is 3.24. The van der Waals surface area contributed by atoms with Crippen LogP contribution in [0.15, 0.2) is 54.6 Å². The summed E-state index contributed by atoms with van der Waals surface area (Å²) in [5, 5.41) is 17.1. The van der Waals surface area contributed by atoms with Gasteiger partial charge in [0.2, 0.25) is 0 Å². The highest BCUT2D eigenvalue weighted by Crippen LogP contribution is 2.23. The molecule has 0 saturated heterocycles. The van der Waals surface area contributed by atoms with Gasteiger partial charge in [0.15, 0.2) is 5.69 Å². The Morgan fingerprint density at radius 3 is 2.36 bits per heavy atom. The standard InChI is InChI=1S/C17H14N4O4/c1-25-13-9-7-11(8-10-13)14-15(17(23)24)21(20-18-14)19-16(22)12-5-3-2-4-6-12/h2-10H,1H3,(H,19,22)(H,23,24). The van der Waals surface area contributed by atoms with Crippen molar-refractivity contribution in [3.63, 3.8) is 0 Å². The van der Waals surface area contributed by atoms with Crippen LogP contribution in [0, 0.1) is 0 Å². The van der Waals surface area contributed by atoms with Gasteiger partial charge in [0, 0.05) is 11.1 Å². The van der Waals surface area contributed by atoms with Gasteiger partial charge in [-0.2, -0.15) is 0 Å². The quantitative estimate of drug-likeness (QED) is 0.737. The molecule has 126 valence electrons. The molecule has 8 nitrogen and oxygen atoms in total. The van der Waals surface area contributed by atoms with E-state index in [0.717, 1.165) is 4.79 Å². The van der Waals surface area contributed by atoms with E-state index in [1.54, 1.807) is 54.6 Å².